The third-order valence-corrected chi connectivity index (χ3v) is 4.91. The summed E-state index contributed by atoms with van der Waals surface area (Å²) in [5.41, 5.74) is 2.64. The Balaban J connectivity index is 2.15. The lowest BCUT2D eigenvalue weighted by atomic mass is 9.99. The summed E-state index contributed by atoms with van der Waals surface area (Å²) in [7, 11) is 6.63. The van der Waals surface area contributed by atoms with Crippen LogP contribution in [0.5, 0.6) is 23.0 Å². The van der Waals surface area contributed by atoms with Gasteiger partial charge in [0.2, 0.25) is 0 Å². The topological polar surface area (TPSA) is 50.1 Å². The summed E-state index contributed by atoms with van der Waals surface area (Å²) < 4.78 is 28.4. The zero-order valence-corrected chi connectivity index (χ0v) is 17.4. The van der Waals surface area contributed by atoms with Gasteiger partial charge in [0.05, 0.1) is 39.4 Å². The Labute approximate surface area is 166 Å². The normalized spacial score (nSPS) is 11.1. The molecule has 0 spiro atoms. The fraction of sp³-hybridized carbons (Fsp3) is 0.391. The largest absolute Gasteiger partial charge is 0.497 e. The van der Waals surface area contributed by atoms with Crippen molar-refractivity contribution < 1.29 is 23.4 Å². The van der Waals surface area contributed by atoms with Gasteiger partial charge in [-0.05, 0) is 37.0 Å². The van der Waals surface area contributed by atoms with Crippen molar-refractivity contribution in [3.05, 3.63) is 35.9 Å². The van der Waals surface area contributed by atoms with E-state index in [2.05, 4.69) is 13.8 Å². The Morgan fingerprint density at radius 3 is 2.21 bits per heavy atom. The predicted octanol–water partition coefficient (Wildman–Crippen LogP) is 5.72. The smallest absolute Gasteiger partial charge is 0.142 e. The molecule has 28 heavy (non-hydrogen) atoms. The molecule has 0 fully saturated rings. The molecule has 3 rings (SSSR count). The zero-order valence-electron chi connectivity index (χ0n) is 17.4. The second-order valence-corrected chi connectivity index (χ2v) is 7.11. The van der Waals surface area contributed by atoms with Gasteiger partial charge in [0.15, 0.2) is 0 Å². The molecule has 2 aromatic carbocycles. The molecule has 1 aromatic heterocycles. The van der Waals surface area contributed by atoms with Crippen molar-refractivity contribution >= 4 is 11.0 Å². The number of hydrogen-bond donors (Lipinski definition) is 0. The molecule has 0 bridgehead atoms. The fourth-order valence-electron chi connectivity index (χ4n) is 3.39. The van der Waals surface area contributed by atoms with Crippen LogP contribution in [0.2, 0.25) is 0 Å². The van der Waals surface area contributed by atoms with Crippen LogP contribution in [-0.4, -0.2) is 28.4 Å². The molecule has 0 aliphatic carbocycles. The summed E-state index contributed by atoms with van der Waals surface area (Å²) >= 11 is 0. The van der Waals surface area contributed by atoms with E-state index in [1.807, 2.05) is 30.3 Å². The van der Waals surface area contributed by atoms with E-state index in [4.69, 9.17) is 23.4 Å². The lowest BCUT2D eigenvalue weighted by Gasteiger charge is -2.14. The predicted molar refractivity (Wildman–Crippen MR) is 111 cm³/mol. The second-order valence-electron chi connectivity index (χ2n) is 7.11. The summed E-state index contributed by atoms with van der Waals surface area (Å²) in [6.07, 6.45) is 1.93. The number of methoxy groups -OCH3 is 4. The standard InChI is InChI=1S/C23H28O5/c1-14(2)7-9-17-20(26-5)13-22-18(23(17)27-6)12-21(28-22)16-10-8-15(24-3)11-19(16)25-4/h8,10-14H,7,9H2,1-6H3. The molecule has 0 unspecified atom stereocenters. The van der Waals surface area contributed by atoms with E-state index in [1.54, 1.807) is 28.4 Å². The van der Waals surface area contributed by atoms with Crippen molar-refractivity contribution in [3.63, 3.8) is 0 Å². The molecule has 0 N–H and O–H groups in total. The average molecular weight is 384 g/mol. The molecular formula is C23H28O5. The van der Waals surface area contributed by atoms with Crippen molar-refractivity contribution in [1.29, 1.82) is 0 Å². The van der Waals surface area contributed by atoms with Crippen LogP contribution in [0.15, 0.2) is 34.7 Å². The molecule has 3 aromatic rings. The molecule has 0 aliphatic heterocycles. The number of furan rings is 1. The third-order valence-electron chi connectivity index (χ3n) is 4.91. The monoisotopic (exact) mass is 384 g/mol. The maximum absolute atomic E-state index is 6.15. The highest BCUT2D eigenvalue weighted by molar-refractivity contribution is 5.92. The minimum Gasteiger partial charge on any atom is -0.497 e. The quantitative estimate of drug-likeness (QED) is 0.497. The number of hydrogen-bond acceptors (Lipinski definition) is 5. The van der Waals surface area contributed by atoms with Crippen molar-refractivity contribution in [2.24, 2.45) is 5.92 Å². The van der Waals surface area contributed by atoms with Crippen LogP contribution < -0.4 is 18.9 Å². The minimum atomic E-state index is 0.591. The highest BCUT2D eigenvalue weighted by Gasteiger charge is 2.20. The summed E-state index contributed by atoms with van der Waals surface area (Å²) in [4.78, 5) is 0. The van der Waals surface area contributed by atoms with Gasteiger partial charge in [-0.2, -0.15) is 0 Å². The molecule has 5 nitrogen and oxygen atoms in total. The van der Waals surface area contributed by atoms with E-state index < -0.39 is 0 Å². The van der Waals surface area contributed by atoms with Gasteiger partial charge in [-0.1, -0.05) is 13.8 Å². The van der Waals surface area contributed by atoms with E-state index in [0.717, 1.165) is 52.2 Å². The van der Waals surface area contributed by atoms with Gasteiger partial charge in [0.25, 0.3) is 0 Å². The van der Waals surface area contributed by atoms with Crippen molar-refractivity contribution in [1.82, 2.24) is 0 Å². The Hall–Kier alpha value is -2.82. The number of benzene rings is 2. The molecule has 0 amide bonds. The first-order valence-corrected chi connectivity index (χ1v) is 9.42. The van der Waals surface area contributed by atoms with E-state index in [0.29, 0.717) is 17.4 Å². The first kappa shape index (κ1) is 19.9. The maximum Gasteiger partial charge on any atom is 0.142 e. The Kier molecular flexibility index (Phi) is 6.02. The lowest BCUT2D eigenvalue weighted by Crippen LogP contribution is -2.00. The minimum absolute atomic E-state index is 0.591. The zero-order chi connectivity index (χ0) is 20.3. The van der Waals surface area contributed by atoms with Gasteiger partial charge in [-0.15, -0.1) is 0 Å². The summed E-state index contributed by atoms with van der Waals surface area (Å²) in [5, 5.41) is 0.926. The van der Waals surface area contributed by atoms with Crippen LogP contribution in [0.1, 0.15) is 25.8 Å². The first-order valence-electron chi connectivity index (χ1n) is 9.42. The second kappa shape index (κ2) is 8.46. The maximum atomic E-state index is 6.15. The molecule has 0 radical (unpaired) electrons. The fourth-order valence-corrected chi connectivity index (χ4v) is 3.39. The number of rotatable bonds is 8. The van der Waals surface area contributed by atoms with Crippen LogP contribution >= 0.6 is 0 Å². The molecule has 0 saturated heterocycles. The Bertz CT molecular complexity index is 955. The highest BCUT2D eigenvalue weighted by Crippen LogP contribution is 2.43. The molecule has 0 atom stereocenters. The first-order chi connectivity index (χ1) is 13.5. The van der Waals surface area contributed by atoms with Crippen LogP contribution in [0.3, 0.4) is 0 Å². The van der Waals surface area contributed by atoms with E-state index >= 15 is 0 Å². The molecule has 0 saturated carbocycles. The van der Waals surface area contributed by atoms with Gasteiger partial charge in [-0.3, -0.25) is 0 Å². The van der Waals surface area contributed by atoms with Crippen LogP contribution in [-0.2, 0) is 6.42 Å². The summed E-state index contributed by atoms with van der Waals surface area (Å²) in [5.74, 6) is 4.30. The summed E-state index contributed by atoms with van der Waals surface area (Å²) in [6.45, 7) is 4.42. The molecule has 150 valence electrons. The van der Waals surface area contributed by atoms with Gasteiger partial charge in [0, 0.05) is 17.7 Å². The van der Waals surface area contributed by atoms with Gasteiger partial charge < -0.3 is 23.4 Å². The van der Waals surface area contributed by atoms with E-state index in [9.17, 15) is 0 Å². The Morgan fingerprint density at radius 2 is 1.61 bits per heavy atom. The van der Waals surface area contributed by atoms with E-state index in [-0.39, 0.29) is 0 Å². The lowest BCUT2D eigenvalue weighted by molar-refractivity contribution is 0.385. The Morgan fingerprint density at radius 1 is 0.857 bits per heavy atom. The van der Waals surface area contributed by atoms with Crippen LogP contribution in [0.25, 0.3) is 22.3 Å². The van der Waals surface area contributed by atoms with Gasteiger partial charge in [0.1, 0.15) is 34.3 Å². The van der Waals surface area contributed by atoms with Gasteiger partial charge >= 0.3 is 0 Å². The van der Waals surface area contributed by atoms with Crippen molar-refractivity contribution in [3.8, 4) is 34.3 Å². The van der Waals surface area contributed by atoms with E-state index in [1.165, 1.54) is 0 Å². The van der Waals surface area contributed by atoms with Crippen molar-refractivity contribution in [2.45, 2.75) is 26.7 Å². The number of fused-ring (bicyclic) bond motifs is 1. The third kappa shape index (κ3) is 3.75. The summed E-state index contributed by atoms with van der Waals surface area (Å²) in [6, 6.07) is 9.59. The molecule has 1 heterocycles. The highest BCUT2D eigenvalue weighted by atomic mass is 16.5. The van der Waals surface area contributed by atoms with Gasteiger partial charge in [-0.25, -0.2) is 0 Å². The van der Waals surface area contributed by atoms with Crippen molar-refractivity contribution in [2.75, 3.05) is 28.4 Å². The number of ether oxygens (including phenoxy) is 4. The molecular weight excluding hydrogens is 356 g/mol. The van der Waals surface area contributed by atoms with Crippen LogP contribution in [0, 0.1) is 5.92 Å². The molecule has 0 aliphatic rings. The average Bonchev–Trinajstić information content (AvgIpc) is 3.13. The van der Waals surface area contributed by atoms with Crippen LogP contribution in [0.4, 0.5) is 0 Å². The SMILES string of the molecule is COc1ccc(-c2cc3c(OC)c(CCC(C)C)c(OC)cc3o2)c(OC)c1. The molecule has 5 heteroatoms.